The van der Waals surface area contributed by atoms with E-state index in [1.54, 1.807) is 6.08 Å². The van der Waals surface area contributed by atoms with Gasteiger partial charge in [0, 0.05) is 6.42 Å². The van der Waals surface area contributed by atoms with E-state index in [0.717, 1.165) is 77.0 Å². The quantitative estimate of drug-likeness (QED) is 0.0211. The number of carbonyl (C=O) groups is 1. The van der Waals surface area contributed by atoms with Gasteiger partial charge in [-0.05, 0) is 57.8 Å². The van der Waals surface area contributed by atoms with E-state index in [-0.39, 0.29) is 18.9 Å². The maximum Gasteiger partial charge on any atom is 0.220 e. The normalized spacial score (nSPS) is 26.6. The van der Waals surface area contributed by atoms with E-state index >= 15 is 0 Å². The molecule has 0 spiro atoms. The molecule has 0 aliphatic carbocycles. The lowest BCUT2D eigenvalue weighted by Crippen LogP contribution is -2.65. The molecule has 12 unspecified atom stereocenters. The summed E-state index contributed by atoms with van der Waals surface area (Å²) in [6, 6.07) is -0.912. The Morgan fingerprint density at radius 2 is 1.00 bits per heavy atom. The van der Waals surface area contributed by atoms with Crippen LogP contribution in [0, 0.1) is 0 Å². The number of nitrogens with one attached hydrogen (secondary N) is 1. The number of rotatable bonds is 41. The first-order valence-electron chi connectivity index (χ1n) is 27.0. The van der Waals surface area contributed by atoms with Gasteiger partial charge >= 0.3 is 0 Å². The van der Waals surface area contributed by atoms with Crippen molar-refractivity contribution in [3.63, 3.8) is 0 Å². The van der Waals surface area contributed by atoms with Gasteiger partial charge in [0.1, 0.15) is 48.8 Å². The van der Waals surface area contributed by atoms with Crippen LogP contribution in [0.2, 0.25) is 0 Å². The van der Waals surface area contributed by atoms with Crippen LogP contribution in [0.5, 0.6) is 0 Å². The molecule has 0 saturated carbocycles. The Hall–Kier alpha value is -2.31. The third kappa shape index (κ3) is 27.9. The molecule has 12 atom stereocenters. The van der Waals surface area contributed by atoms with Crippen LogP contribution >= 0.6 is 0 Å². The Morgan fingerprint density at radius 3 is 1.54 bits per heavy atom. The highest BCUT2D eigenvalue weighted by atomic mass is 16.7. The monoisotopic (exact) mass is 980 g/mol. The predicted octanol–water partition coefficient (Wildman–Crippen LogP) is 7.83. The van der Waals surface area contributed by atoms with Crippen molar-refractivity contribution in [1.82, 2.24) is 5.32 Å². The van der Waals surface area contributed by atoms with Gasteiger partial charge in [-0.1, -0.05) is 184 Å². The molecular weight excluding hydrogens is 883 g/mol. The SMILES string of the molecule is CC/C=C\C/C=C\C/C=C\C/C=C\CCCCCCCCCCCCCCCCCCC(=O)NC(COC1OC(CO)C(OC2OC(CO)C(O)C(O)C2O)C(O)C1O)C(O)/C=C/CCCCCC. The molecule has 2 rings (SSSR count). The van der Waals surface area contributed by atoms with Crippen molar-refractivity contribution in [1.29, 1.82) is 0 Å². The average molecular weight is 980 g/mol. The zero-order valence-electron chi connectivity index (χ0n) is 42.5. The summed E-state index contributed by atoms with van der Waals surface area (Å²) in [7, 11) is 0. The summed E-state index contributed by atoms with van der Waals surface area (Å²) >= 11 is 0. The Morgan fingerprint density at radius 1 is 0.536 bits per heavy atom. The average Bonchev–Trinajstić information content (AvgIpc) is 3.35. The fourth-order valence-electron chi connectivity index (χ4n) is 8.58. The van der Waals surface area contributed by atoms with Crippen LogP contribution in [-0.4, -0.2) is 140 Å². The van der Waals surface area contributed by atoms with Crippen LogP contribution in [0.3, 0.4) is 0 Å². The van der Waals surface area contributed by atoms with Crippen molar-refractivity contribution in [3.05, 3.63) is 60.8 Å². The van der Waals surface area contributed by atoms with Gasteiger partial charge < -0.3 is 65.1 Å². The van der Waals surface area contributed by atoms with Crippen LogP contribution in [-0.2, 0) is 23.7 Å². The van der Waals surface area contributed by atoms with Crippen LogP contribution in [0.4, 0.5) is 0 Å². The van der Waals surface area contributed by atoms with E-state index in [1.165, 1.54) is 83.5 Å². The number of hydrogen-bond donors (Lipinski definition) is 9. The number of carbonyl (C=O) groups excluding carboxylic acids is 1. The zero-order valence-corrected chi connectivity index (χ0v) is 42.5. The van der Waals surface area contributed by atoms with E-state index in [1.807, 2.05) is 6.08 Å². The van der Waals surface area contributed by atoms with Gasteiger partial charge in [-0.25, -0.2) is 0 Å². The van der Waals surface area contributed by atoms with Crippen LogP contribution < -0.4 is 5.32 Å². The van der Waals surface area contributed by atoms with Crippen molar-refractivity contribution in [2.75, 3.05) is 19.8 Å². The molecular formula is C55H97NO13. The van der Waals surface area contributed by atoms with Crippen molar-refractivity contribution in [2.45, 2.75) is 261 Å². The first kappa shape index (κ1) is 62.8. The molecule has 9 N–H and O–H groups in total. The summed E-state index contributed by atoms with van der Waals surface area (Å²) in [5.74, 6) is -0.247. The largest absolute Gasteiger partial charge is 0.394 e. The molecule has 2 fully saturated rings. The first-order chi connectivity index (χ1) is 33.6. The maximum absolute atomic E-state index is 13.1. The summed E-state index contributed by atoms with van der Waals surface area (Å²) in [4.78, 5) is 13.1. The lowest BCUT2D eigenvalue weighted by Gasteiger charge is -2.46. The van der Waals surface area contributed by atoms with Gasteiger partial charge in [0.15, 0.2) is 12.6 Å². The fourth-order valence-corrected chi connectivity index (χ4v) is 8.58. The molecule has 2 aliphatic heterocycles. The van der Waals surface area contributed by atoms with Gasteiger partial charge in [0.05, 0.1) is 32.0 Å². The standard InChI is InChI=1S/C55H97NO13/c1-3-5-7-9-11-12-13-14-15-16-17-18-19-20-21-22-23-24-25-26-27-28-29-30-31-32-33-35-37-39-47(60)56-43(44(59)38-36-34-10-8-6-4-2)42-66-54-52(65)50(63)53(46(41-58)68-54)69-55-51(64)49(62)48(61)45(40-57)67-55/h5,7,11-12,14-15,17-18,36,38,43-46,48-55,57-59,61-65H,3-4,6,8-10,13,16,19-35,37,39-42H2,1-2H3,(H,56,60)/b7-5-,12-11-,15-14-,18-17-,38-36+. The third-order valence-electron chi connectivity index (χ3n) is 13.0. The summed E-state index contributed by atoms with van der Waals surface area (Å²) in [6.45, 7) is 2.57. The Kier molecular flexibility index (Phi) is 37.5. The second-order valence-corrected chi connectivity index (χ2v) is 19.0. The molecule has 2 aliphatic rings. The molecule has 0 aromatic rings. The lowest BCUT2D eigenvalue weighted by molar-refractivity contribution is -0.359. The topological polar surface area (TPSA) is 228 Å². The molecule has 2 saturated heterocycles. The zero-order chi connectivity index (χ0) is 50.3. The van der Waals surface area contributed by atoms with Crippen LogP contribution in [0.15, 0.2) is 60.8 Å². The summed E-state index contributed by atoms with van der Waals surface area (Å²) in [6.07, 6.45) is 34.7. The number of ether oxygens (including phenoxy) is 4. The highest BCUT2D eigenvalue weighted by molar-refractivity contribution is 5.76. The van der Waals surface area contributed by atoms with Gasteiger partial charge in [-0.15, -0.1) is 0 Å². The van der Waals surface area contributed by atoms with Crippen molar-refractivity contribution >= 4 is 5.91 Å². The fraction of sp³-hybridized carbons (Fsp3) is 0.800. The summed E-state index contributed by atoms with van der Waals surface area (Å²) in [5.41, 5.74) is 0. The Bertz CT molecular complexity index is 1390. The smallest absolute Gasteiger partial charge is 0.220 e. The molecule has 14 heteroatoms. The molecule has 0 aromatic carbocycles. The molecule has 0 aromatic heterocycles. The molecule has 0 bridgehead atoms. The first-order valence-corrected chi connectivity index (χ1v) is 27.0. The van der Waals surface area contributed by atoms with Crippen molar-refractivity contribution in [2.24, 2.45) is 0 Å². The molecule has 14 nitrogen and oxygen atoms in total. The van der Waals surface area contributed by atoms with E-state index in [0.29, 0.717) is 6.42 Å². The second-order valence-electron chi connectivity index (χ2n) is 19.0. The van der Waals surface area contributed by atoms with E-state index in [4.69, 9.17) is 18.9 Å². The van der Waals surface area contributed by atoms with E-state index in [9.17, 15) is 45.6 Å². The predicted molar refractivity (Wildman–Crippen MR) is 272 cm³/mol. The van der Waals surface area contributed by atoms with E-state index < -0.39 is 86.8 Å². The third-order valence-corrected chi connectivity index (χ3v) is 13.0. The van der Waals surface area contributed by atoms with Gasteiger partial charge in [-0.2, -0.15) is 0 Å². The molecule has 0 radical (unpaired) electrons. The number of allylic oxidation sites excluding steroid dienone is 9. The molecule has 2 heterocycles. The maximum atomic E-state index is 13.1. The highest BCUT2D eigenvalue weighted by Crippen LogP contribution is 2.30. The number of amides is 1. The summed E-state index contributed by atoms with van der Waals surface area (Å²) in [5, 5.41) is 86.4. The van der Waals surface area contributed by atoms with Crippen molar-refractivity contribution in [3.8, 4) is 0 Å². The number of unbranched alkanes of at least 4 members (excludes halogenated alkanes) is 20. The minimum Gasteiger partial charge on any atom is -0.394 e. The number of aliphatic hydroxyl groups excluding tert-OH is 8. The second kappa shape index (κ2) is 41.2. The van der Waals surface area contributed by atoms with Crippen LogP contribution in [0.25, 0.3) is 0 Å². The number of hydrogen-bond acceptors (Lipinski definition) is 13. The minimum absolute atomic E-state index is 0.247. The Balaban J connectivity index is 1.62. The van der Waals surface area contributed by atoms with Crippen molar-refractivity contribution < 1.29 is 64.6 Å². The molecule has 400 valence electrons. The Labute approximate surface area is 416 Å². The van der Waals surface area contributed by atoms with Gasteiger partial charge in [0.2, 0.25) is 5.91 Å². The molecule has 69 heavy (non-hydrogen) atoms. The number of aliphatic hydroxyl groups is 8. The summed E-state index contributed by atoms with van der Waals surface area (Å²) < 4.78 is 22.6. The lowest BCUT2D eigenvalue weighted by atomic mass is 9.97. The minimum atomic E-state index is -1.79. The highest BCUT2D eigenvalue weighted by Gasteiger charge is 2.51. The molecule has 1 amide bonds. The van der Waals surface area contributed by atoms with Crippen LogP contribution in [0.1, 0.15) is 187 Å². The van der Waals surface area contributed by atoms with Gasteiger partial charge in [-0.3, -0.25) is 4.79 Å². The van der Waals surface area contributed by atoms with E-state index in [2.05, 4.69) is 67.8 Å². The van der Waals surface area contributed by atoms with Gasteiger partial charge in [0.25, 0.3) is 0 Å².